The molecule has 0 bridgehead atoms. The van der Waals surface area contributed by atoms with Crippen LogP contribution < -0.4 is 10.2 Å². The largest absolute Gasteiger partial charge is 0.497 e. The highest BCUT2D eigenvalue weighted by Crippen LogP contribution is 2.38. The van der Waals surface area contributed by atoms with E-state index in [1.54, 1.807) is 7.11 Å². The summed E-state index contributed by atoms with van der Waals surface area (Å²) in [7, 11) is 1.65. The van der Waals surface area contributed by atoms with Gasteiger partial charge >= 0.3 is 0 Å². The minimum atomic E-state index is -0.261. The van der Waals surface area contributed by atoms with Crippen molar-refractivity contribution < 1.29 is 9.53 Å². The average Bonchev–Trinajstić information content (AvgIpc) is 3.31. The Labute approximate surface area is 150 Å². The number of rotatable bonds is 3. The van der Waals surface area contributed by atoms with E-state index in [0.717, 1.165) is 48.2 Å². The number of benzene rings is 1. The fourth-order valence-corrected chi connectivity index (χ4v) is 4.54. The van der Waals surface area contributed by atoms with Crippen LogP contribution in [0.4, 0.5) is 0 Å². The van der Waals surface area contributed by atoms with E-state index in [-0.39, 0.29) is 17.2 Å². The van der Waals surface area contributed by atoms with Gasteiger partial charge in [-0.25, -0.2) is 4.68 Å². The van der Waals surface area contributed by atoms with Crippen molar-refractivity contribution in [3.63, 3.8) is 0 Å². The monoisotopic (exact) mass is 359 g/mol. The molecule has 0 saturated carbocycles. The normalized spacial score (nSPS) is 22.4. The number of hydrogen-bond donors (Lipinski definition) is 1. The summed E-state index contributed by atoms with van der Waals surface area (Å²) in [6.45, 7) is 3.59. The third-order valence-corrected chi connectivity index (χ3v) is 5.94. The van der Waals surface area contributed by atoms with Crippen LogP contribution in [0.1, 0.15) is 30.3 Å². The number of aromatic nitrogens is 3. The van der Waals surface area contributed by atoms with Crippen molar-refractivity contribution in [1.29, 1.82) is 0 Å². The number of thioether (sulfide) groups is 1. The Morgan fingerprint density at radius 3 is 2.64 bits per heavy atom. The molecule has 1 aromatic carbocycles. The average molecular weight is 359 g/mol. The number of amides is 1. The molecule has 1 saturated heterocycles. The van der Waals surface area contributed by atoms with Gasteiger partial charge in [0.2, 0.25) is 11.1 Å². The first-order valence-corrected chi connectivity index (χ1v) is 9.33. The summed E-state index contributed by atoms with van der Waals surface area (Å²) in [4.78, 5) is 15.1. The zero-order chi connectivity index (χ0) is 17.4. The van der Waals surface area contributed by atoms with Gasteiger partial charge in [0, 0.05) is 13.1 Å². The maximum absolute atomic E-state index is 13.1. The van der Waals surface area contributed by atoms with E-state index in [0.29, 0.717) is 0 Å². The van der Waals surface area contributed by atoms with Crippen molar-refractivity contribution >= 4 is 17.7 Å². The third-order valence-electron chi connectivity index (χ3n) is 4.73. The minimum Gasteiger partial charge on any atom is -0.497 e. The molecule has 4 rings (SSSR count). The Balaban J connectivity index is 1.68. The summed E-state index contributed by atoms with van der Waals surface area (Å²) in [5.74, 6) is 1.76. The van der Waals surface area contributed by atoms with Crippen molar-refractivity contribution in [1.82, 2.24) is 19.8 Å². The van der Waals surface area contributed by atoms with Gasteiger partial charge < -0.3 is 15.1 Å². The van der Waals surface area contributed by atoms with Gasteiger partial charge in [-0.1, -0.05) is 23.9 Å². The molecular formula is C17H21N5O2S. The van der Waals surface area contributed by atoms with Gasteiger partial charge in [0.25, 0.3) is 0 Å². The molecule has 7 nitrogen and oxygen atoms in total. The smallest absolute Gasteiger partial charge is 0.238 e. The Hall–Kier alpha value is -2.22. The van der Waals surface area contributed by atoms with E-state index in [4.69, 9.17) is 4.74 Å². The van der Waals surface area contributed by atoms with Gasteiger partial charge in [-0.2, -0.15) is 0 Å². The predicted octanol–water partition coefficient (Wildman–Crippen LogP) is 1.98. The van der Waals surface area contributed by atoms with Gasteiger partial charge in [-0.15, -0.1) is 10.2 Å². The number of aryl methyl sites for hydroxylation is 1. The van der Waals surface area contributed by atoms with Crippen molar-refractivity contribution in [2.75, 3.05) is 25.6 Å². The van der Waals surface area contributed by atoms with Crippen molar-refractivity contribution in [2.45, 2.75) is 36.2 Å². The quantitative estimate of drug-likeness (QED) is 0.903. The zero-order valence-electron chi connectivity index (χ0n) is 14.3. The van der Waals surface area contributed by atoms with Crippen molar-refractivity contribution in [2.24, 2.45) is 0 Å². The number of methoxy groups -OCH3 is 1. The molecule has 0 radical (unpaired) electrons. The summed E-state index contributed by atoms with van der Waals surface area (Å²) in [6.07, 6.45) is 2.16. The van der Waals surface area contributed by atoms with E-state index >= 15 is 0 Å². The zero-order valence-corrected chi connectivity index (χ0v) is 15.1. The van der Waals surface area contributed by atoms with Crippen LogP contribution in [0.3, 0.4) is 0 Å². The fourth-order valence-electron chi connectivity index (χ4n) is 3.33. The Morgan fingerprint density at radius 2 is 1.96 bits per heavy atom. The molecule has 1 N–H and O–H groups in total. The second-order valence-electron chi connectivity index (χ2n) is 6.32. The summed E-state index contributed by atoms with van der Waals surface area (Å²) in [5, 5.41) is 8.80. The van der Waals surface area contributed by atoms with Crippen LogP contribution >= 0.6 is 11.8 Å². The molecule has 1 aromatic heterocycles. The first-order valence-electron chi connectivity index (χ1n) is 8.45. The van der Waals surface area contributed by atoms with E-state index in [1.807, 2.05) is 40.8 Å². The standard InChI is InChI=1S/C17H21N5O2S/c1-11-18-19-17-22(11)20-14(12-5-7-13(24-2)8-6-12)15(25-17)16(23)21-9-3-4-10-21/h5-8,14-15,20H,3-4,9-10H2,1-2H3/t14-,15+/m1/s1. The van der Waals surface area contributed by atoms with Crippen molar-refractivity contribution in [3.05, 3.63) is 35.7 Å². The lowest BCUT2D eigenvalue weighted by Crippen LogP contribution is -2.45. The van der Waals surface area contributed by atoms with Gasteiger partial charge in [-0.05, 0) is 37.5 Å². The Kier molecular flexibility index (Phi) is 4.29. The molecule has 2 aliphatic heterocycles. The number of carbonyl (C=O) groups is 1. The van der Waals surface area contributed by atoms with Crippen LogP contribution in [0.15, 0.2) is 29.4 Å². The molecule has 25 heavy (non-hydrogen) atoms. The maximum atomic E-state index is 13.1. The molecule has 1 amide bonds. The van der Waals surface area contributed by atoms with Crippen molar-refractivity contribution in [3.8, 4) is 5.75 Å². The number of likely N-dealkylation sites (tertiary alicyclic amines) is 1. The first kappa shape index (κ1) is 16.3. The molecule has 2 atom stereocenters. The van der Waals surface area contributed by atoms with Crippen LogP contribution in [0.5, 0.6) is 5.75 Å². The highest BCUT2D eigenvalue weighted by Gasteiger charge is 2.39. The molecular weight excluding hydrogens is 338 g/mol. The molecule has 2 aliphatic rings. The lowest BCUT2D eigenvalue weighted by Gasteiger charge is -2.34. The minimum absolute atomic E-state index is 0.147. The van der Waals surface area contributed by atoms with Crippen LogP contribution in [0.25, 0.3) is 0 Å². The number of ether oxygens (including phenoxy) is 1. The van der Waals surface area contributed by atoms with Crippen LogP contribution in [-0.2, 0) is 4.79 Å². The molecule has 132 valence electrons. The first-order chi connectivity index (χ1) is 12.2. The highest BCUT2D eigenvalue weighted by atomic mass is 32.2. The van der Waals surface area contributed by atoms with Gasteiger partial charge in [-0.3, -0.25) is 4.79 Å². The van der Waals surface area contributed by atoms with Gasteiger partial charge in [0.1, 0.15) is 16.8 Å². The Bertz CT molecular complexity index is 770. The van der Waals surface area contributed by atoms with Crippen LogP contribution in [0, 0.1) is 6.92 Å². The van der Waals surface area contributed by atoms with Gasteiger partial charge in [0.05, 0.1) is 13.2 Å². The second-order valence-corrected chi connectivity index (χ2v) is 7.42. The number of nitrogens with one attached hydrogen (secondary N) is 1. The molecule has 0 aliphatic carbocycles. The molecule has 3 heterocycles. The second kappa shape index (κ2) is 6.59. The predicted molar refractivity (Wildman–Crippen MR) is 95.3 cm³/mol. The lowest BCUT2D eigenvalue weighted by molar-refractivity contribution is -0.129. The molecule has 8 heteroatoms. The number of hydrogen-bond acceptors (Lipinski definition) is 6. The van der Waals surface area contributed by atoms with Crippen LogP contribution in [0.2, 0.25) is 0 Å². The highest BCUT2D eigenvalue weighted by molar-refractivity contribution is 8.00. The molecule has 0 spiro atoms. The maximum Gasteiger partial charge on any atom is 0.238 e. The number of fused-ring (bicyclic) bond motifs is 1. The lowest BCUT2D eigenvalue weighted by atomic mass is 10.0. The van der Waals surface area contributed by atoms with E-state index in [1.165, 1.54) is 11.8 Å². The summed E-state index contributed by atoms with van der Waals surface area (Å²) in [5.41, 5.74) is 4.48. The summed E-state index contributed by atoms with van der Waals surface area (Å²) in [6, 6.07) is 7.71. The summed E-state index contributed by atoms with van der Waals surface area (Å²) < 4.78 is 7.12. The number of carbonyl (C=O) groups excluding carboxylic acids is 1. The van der Waals surface area contributed by atoms with E-state index in [2.05, 4.69) is 15.6 Å². The number of nitrogens with zero attached hydrogens (tertiary/aromatic N) is 4. The van der Waals surface area contributed by atoms with E-state index < -0.39 is 0 Å². The topological polar surface area (TPSA) is 72.3 Å². The Morgan fingerprint density at radius 1 is 1.24 bits per heavy atom. The molecule has 0 unspecified atom stereocenters. The van der Waals surface area contributed by atoms with E-state index in [9.17, 15) is 4.79 Å². The molecule has 2 aromatic rings. The SMILES string of the molecule is COc1ccc([C@H]2Nn3c(C)nnc3S[C@@H]2C(=O)N2CCCC2)cc1. The summed E-state index contributed by atoms with van der Waals surface area (Å²) >= 11 is 1.49. The van der Waals surface area contributed by atoms with Crippen LogP contribution in [-0.4, -0.2) is 51.1 Å². The third kappa shape index (κ3) is 2.95. The fraction of sp³-hybridized carbons (Fsp3) is 0.471. The molecule has 1 fully saturated rings. The van der Waals surface area contributed by atoms with Gasteiger partial charge in [0.15, 0.2) is 0 Å².